The number of aromatic nitrogens is 1. The maximum absolute atomic E-state index is 12.7. The summed E-state index contributed by atoms with van der Waals surface area (Å²) in [6, 6.07) is 8.25. The van der Waals surface area contributed by atoms with Gasteiger partial charge >= 0.3 is 0 Å². The number of pyridine rings is 1. The van der Waals surface area contributed by atoms with Gasteiger partial charge in [0.2, 0.25) is 0 Å². The molecular formula is C13H8Br2ClF2NO. The SMILES string of the molecule is O=c1c(Cl)ccc(-c2ccc(Br)cc2Br)n1CC(F)F. The Labute approximate surface area is 135 Å². The van der Waals surface area contributed by atoms with Gasteiger partial charge < -0.3 is 4.57 Å². The topological polar surface area (TPSA) is 22.0 Å². The molecule has 0 atom stereocenters. The Bertz CT molecular complexity index is 703. The first-order valence-corrected chi connectivity index (χ1v) is 7.49. The number of rotatable bonds is 3. The Balaban J connectivity index is 2.67. The van der Waals surface area contributed by atoms with Crippen LogP contribution >= 0.6 is 43.5 Å². The Morgan fingerprint density at radius 2 is 1.90 bits per heavy atom. The van der Waals surface area contributed by atoms with E-state index in [2.05, 4.69) is 31.9 Å². The molecule has 106 valence electrons. The van der Waals surface area contributed by atoms with E-state index < -0.39 is 18.5 Å². The number of hydrogen-bond acceptors (Lipinski definition) is 1. The highest BCUT2D eigenvalue weighted by Gasteiger charge is 2.15. The Kier molecular flexibility index (Phi) is 4.99. The van der Waals surface area contributed by atoms with E-state index in [1.165, 1.54) is 6.07 Å². The van der Waals surface area contributed by atoms with E-state index in [-0.39, 0.29) is 5.02 Å². The first-order chi connectivity index (χ1) is 9.40. The summed E-state index contributed by atoms with van der Waals surface area (Å²) < 4.78 is 27.9. The predicted octanol–water partition coefficient (Wildman–Crippen LogP) is 4.96. The largest absolute Gasteiger partial charge is 0.301 e. The molecule has 0 bridgehead atoms. The molecule has 2 aromatic rings. The van der Waals surface area contributed by atoms with Crippen LogP contribution in [0.2, 0.25) is 5.02 Å². The van der Waals surface area contributed by atoms with Crippen LogP contribution in [0.25, 0.3) is 11.3 Å². The van der Waals surface area contributed by atoms with Crippen LogP contribution in [0.15, 0.2) is 44.1 Å². The van der Waals surface area contributed by atoms with E-state index in [0.29, 0.717) is 15.7 Å². The molecule has 0 spiro atoms. The molecule has 0 saturated carbocycles. The third-order valence-corrected chi connectivity index (χ3v) is 4.09. The van der Waals surface area contributed by atoms with Crippen molar-refractivity contribution in [3.8, 4) is 11.3 Å². The van der Waals surface area contributed by atoms with Crippen LogP contribution in [0.4, 0.5) is 8.78 Å². The molecule has 2 rings (SSSR count). The summed E-state index contributed by atoms with van der Waals surface area (Å²) >= 11 is 12.4. The normalized spacial score (nSPS) is 11.1. The molecule has 20 heavy (non-hydrogen) atoms. The summed E-state index contributed by atoms with van der Waals surface area (Å²) in [5.74, 6) is 0. The third-order valence-electron chi connectivity index (χ3n) is 2.66. The summed E-state index contributed by atoms with van der Waals surface area (Å²) in [6.45, 7) is -0.697. The second kappa shape index (κ2) is 6.37. The fourth-order valence-corrected chi connectivity index (χ4v) is 3.22. The highest BCUT2D eigenvalue weighted by molar-refractivity contribution is 9.11. The fraction of sp³-hybridized carbons (Fsp3) is 0.154. The van der Waals surface area contributed by atoms with Gasteiger partial charge in [0, 0.05) is 14.5 Å². The average molecular weight is 427 g/mol. The molecule has 0 N–H and O–H groups in total. The molecule has 0 fully saturated rings. The van der Waals surface area contributed by atoms with Crippen molar-refractivity contribution in [2.75, 3.05) is 0 Å². The van der Waals surface area contributed by atoms with Crippen LogP contribution in [-0.4, -0.2) is 11.0 Å². The minimum atomic E-state index is -2.64. The third kappa shape index (κ3) is 3.30. The van der Waals surface area contributed by atoms with Crippen LogP contribution in [-0.2, 0) is 6.54 Å². The van der Waals surface area contributed by atoms with E-state index in [1.54, 1.807) is 24.3 Å². The standard InChI is InChI=1S/C13H8Br2ClF2NO/c14-7-1-2-8(9(15)5-7)11-4-3-10(16)13(20)19(11)6-12(17)18/h1-5,12H,6H2. The van der Waals surface area contributed by atoms with E-state index in [9.17, 15) is 13.6 Å². The lowest BCUT2D eigenvalue weighted by Gasteiger charge is -2.14. The minimum absolute atomic E-state index is 0.0809. The number of alkyl halides is 2. The molecule has 2 nitrogen and oxygen atoms in total. The van der Waals surface area contributed by atoms with E-state index in [4.69, 9.17) is 11.6 Å². The maximum Gasteiger partial charge on any atom is 0.269 e. The van der Waals surface area contributed by atoms with Gasteiger partial charge in [0.05, 0.1) is 12.2 Å². The molecule has 0 saturated heterocycles. The van der Waals surface area contributed by atoms with Crippen molar-refractivity contribution in [2.45, 2.75) is 13.0 Å². The Hall–Kier alpha value is -0.720. The lowest BCUT2D eigenvalue weighted by Crippen LogP contribution is -2.25. The van der Waals surface area contributed by atoms with Crippen molar-refractivity contribution in [3.05, 3.63) is 54.7 Å². The van der Waals surface area contributed by atoms with Crippen molar-refractivity contribution in [2.24, 2.45) is 0 Å². The maximum atomic E-state index is 12.7. The van der Waals surface area contributed by atoms with Crippen molar-refractivity contribution < 1.29 is 8.78 Å². The lowest BCUT2D eigenvalue weighted by atomic mass is 10.1. The highest BCUT2D eigenvalue weighted by atomic mass is 79.9. The monoisotopic (exact) mass is 425 g/mol. The number of halogens is 5. The van der Waals surface area contributed by atoms with E-state index in [0.717, 1.165) is 9.04 Å². The quantitative estimate of drug-likeness (QED) is 0.679. The van der Waals surface area contributed by atoms with Crippen molar-refractivity contribution in [1.82, 2.24) is 4.57 Å². The first kappa shape index (κ1) is 15.7. The molecule has 0 amide bonds. The van der Waals surface area contributed by atoms with Gasteiger partial charge in [-0.1, -0.05) is 49.5 Å². The van der Waals surface area contributed by atoms with Gasteiger partial charge in [0.25, 0.3) is 12.0 Å². The Morgan fingerprint density at radius 1 is 1.20 bits per heavy atom. The predicted molar refractivity (Wildman–Crippen MR) is 82.6 cm³/mol. The summed E-state index contributed by atoms with van der Waals surface area (Å²) in [7, 11) is 0. The molecule has 1 aromatic heterocycles. The van der Waals surface area contributed by atoms with Gasteiger partial charge in [0.1, 0.15) is 5.02 Å². The number of benzene rings is 1. The smallest absolute Gasteiger partial charge is 0.269 e. The molecule has 0 unspecified atom stereocenters. The van der Waals surface area contributed by atoms with Gasteiger partial charge in [0.15, 0.2) is 0 Å². The van der Waals surface area contributed by atoms with Gasteiger partial charge in [-0.2, -0.15) is 0 Å². The summed E-state index contributed by atoms with van der Waals surface area (Å²) in [4.78, 5) is 11.9. The second-order valence-corrected chi connectivity index (χ2v) is 6.17. The molecule has 1 heterocycles. The van der Waals surface area contributed by atoms with Crippen molar-refractivity contribution in [1.29, 1.82) is 0 Å². The number of nitrogens with zero attached hydrogens (tertiary/aromatic N) is 1. The fourth-order valence-electron chi connectivity index (χ4n) is 1.80. The molecule has 7 heteroatoms. The first-order valence-electron chi connectivity index (χ1n) is 5.53. The van der Waals surface area contributed by atoms with Gasteiger partial charge in [-0.15, -0.1) is 0 Å². The molecule has 0 radical (unpaired) electrons. The average Bonchev–Trinajstić information content (AvgIpc) is 2.36. The summed E-state index contributed by atoms with van der Waals surface area (Å²) in [5, 5.41) is -0.0809. The second-order valence-electron chi connectivity index (χ2n) is 4.00. The molecule has 0 aliphatic carbocycles. The van der Waals surface area contributed by atoms with Gasteiger partial charge in [-0.25, -0.2) is 8.78 Å². The highest BCUT2D eigenvalue weighted by Crippen LogP contribution is 2.30. The molecule has 0 aliphatic rings. The number of hydrogen-bond donors (Lipinski definition) is 0. The zero-order valence-electron chi connectivity index (χ0n) is 9.92. The Morgan fingerprint density at radius 3 is 2.50 bits per heavy atom. The minimum Gasteiger partial charge on any atom is -0.301 e. The van der Waals surface area contributed by atoms with Crippen LogP contribution in [0.1, 0.15) is 0 Å². The van der Waals surface area contributed by atoms with Crippen LogP contribution < -0.4 is 5.56 Å². The zero-order valence-corrected chi connectivity index (χ0v) is 13.8. The lowest BCUT2D eigenvalue weighted by molar-refractivity contribution is 0.126. The van der Waals surface area contributed by atoms with Crippen molar-refractivity contribution in [3.63, 3.8) is 0 Å². The van der Waals surface area contributed by atoms with Crippen molar-refractivity contribution >= 4 is 43.5 Å². The molecule has 1 aromatic carbocycles. The van der Waals surface area contributed by atoms with Crippen LogP contribution in [0.3, 0.4) is 0 Å². The van der Waals surface area contributed by atoms with Crippen LogP contribution in [0.5, 0.6) is 0 Å². The van der Waals surface area contributed by atoms with Gasteiger partial charge in [-0.05, 0) is 24.3 Å². The van der Waals surface area contributed by atoms with Gasteiger partial charge in [-0.3, -0.25) is 4.79 Å². The molecular weight excluding hydrogens is 419 g/mol. The van der Waals surface area contributed by atoms with E-state index >= 15 is 0 Å². The van der Waals surface area contributed by atoms with E-state index in [1.807, 2.05) is 0 Å². The summed E-state index contributed by atoms with van der Waals surface area (Å²) in [5.41, 5.74) is 0.404. The zero-order chi connectivity index (χ0) is 14.9. The summed E-state index contributed by atoms with van der Waals surface area (Å²) in [6.07, 6.45) is -2.64. The van der Waals surface area contributed by atoms with Crippen LogP contribution in [0, 0.1) is 0 Å². The molecule has 0 aliphatic heterocycles.